The lowest BCUT2D eigenvalue weighted by Gasteiger charge is -1.93. The summed E-state index contributed by atoms with van der Waals surface area (Å²) in [6.07, 6.45) is 0.987. The molecule has 0 heterocycles. The fourth-order valence-electron chi connectivity index (χ4n) is 0.811. The molecule has 1 nitrogen and oxygen atoms in total. The molecule has 2 N–H and O–H groups in total. The highest BCUT2D eigenvalue weighted by Gasteiger charge is 1.84. The molecule has 0 fully saturated rings. The number of hydrogen-bond acceptors (Lipinski definition) is 1. The monoisotopic (exact) mass is 149 g/mol. The van der Waals surface area contributed by atoms with Gasteiger partial charge in [-0.2, -0.15) is 0 Å². The number of benzene rings is 1. The van der Waals surface area contributed by atoms with E-state index in [1.165, 1.54) is 5.56 Å². The second-order valence-corrected chi connectivity index (χ2v) is 2.02. The minimum Gasteiger partial charge on any atom is -0.330 e. The normalized spacial score (nSPS) is 8.09. The van der Waals surface area contributed by atoms with E-state index in [0.29, 0.717) is 0 Å². The van der Waals surface area contributed by atoms with Gasteiger partial charge in [0.25, 0.3) is 0 Å². The van der Waals surface area contributed by atoms with Gasteiger partial charge in [0.15, 0.2) is 0 Å². The van der Waals surface area contributed by atoms with Crippen molar-refractivity contribution in [3.8, 4) is 0 Å². The first-order chi connectivity index (χ1) is 5.43. The Morgan fingerprint density at radius 3 is 2.09 bits per heavy atom. The summed E-state index contributed by atoms with van der Waals surface area (Å²) in [5.74, 6) is 0. The summed E-state index contributed by atoms with van der Waals surface area (Å²) in [5, 5.41) is 0. The topological polar surface area (TPSA) is 26.0 Å². The first-order valence-electron chi connectivity index (χ1n) is 3.67. The summed E-state index contributed by atoms with van der Waals surface area (Å²) in [6.45, 7) is 6.74. The average Bonchev–Trinajstić information content (AvgIpc) is 2.11. The Hall–Kier alpha value is -1.08. The van der Waals surface area contributed by atoms with Crippen molar-refractivity contribution in [3.63, 3.8) is 0 Å². The maximum absolute atomic E-state index is 5.36. The van der Waals surface area contributed by atoms with Crippen LogP contribution in [0.5, 0.6) is 0 Å². The summed E-state index contributed by atoms with van der Waals surface area (Å²) in [7, 11) is 0. The van der Waals surface area contributed by atoms with Crippen molar-refractivity contribution in [2.45, 2.75) is 6.42 Å². The molecule has 0 radical (unpaired) electrons. The van der Waals surface area contributed by atoms with Crippen LogP contribution in [0, 0.1) is 0 Å². The Balaban J connectivity index is 0.000000461. The lowest BCUT2D eigenvalue weighted by atomic mass is 10.2. The zero-order valence-corrected chi connectivity index (χ0v) is 6.79. The Morgan fingerprint density at radius 1 is 1.09 bits per heavy atom. The minimum absolute atomic E-state index is 0.740. The van der Waals surface area contributed by atoms with Crippen LogP contribution in [0.25, 0.3) is 0 Å². The van der Waals surface area contributed by atoms with E-state index in [4.69, 9.17) is 5.73 Å². The molecule has 0 unspecified atom stereocenters. The molecule has 1 rings (SSSR count). The molecule has 1 aromatic carbocycles. The van der Waals surface area contributed by atoms with Crippen molar-refractivity contribution in [1.29, 1.82) is 0 Å². The van der Waals surface area contributed by atoms with Crippen LogP contribution < -0.4 is 5.73 Å². The van der Waals surface area contributed by atoms with Crippen LogP contribution in [-0.2, 0) is 6.42 Å². The molecule has 11 heavy (non-hydrogen) atoms. The standard InChI is InChI=1S/C8H11N.C2H4/c9-7-6-8-4-2-1-3-5-8;1-2/h1-5H,6-7,9H2;1-2H2. The highest BCUT2D eigenvalue weighted by atomic mass is 14.5. The third-order valence-electron chi connectivity index (χ3n) is 1.28. The van der Waals surface area contributed by atoms with Crippen LogP contribution in [0.4, 0.5) is 0 Å². The van der Waals surface area contributed by atoms with Gasteiger partial charge in [0.2, 0.25) is 0 Å². The number of nitrogens with two attached hydrogens (primary N) is 1. The molecule has 0 aliphatic carbocycles. The lowest BCUT2D eigenvalue weighted by molar-refractivity contribution is 0.969. The van der Waals surface area contributed by atoms with Crippen LogP contribution >= 0.6 is 0 Å². The van der Waals surface area contributed by atoms with E-state index in [0.717, 1.165) is 13.0 Å². The molecule has 1 heteroatoms. The molecule has 60 valence electrons. The first-order valence-corrected chi connectivity index (χ1v) is 3.67. The van der Waals surface area contributed by atoms with E-state index in [1.54, 1.807) is 0 Å². The molecule has 1 aromatic rings. The molecule has 0 aliphatic heterocycles. The minimum atomic E-state index is 0.740. The van der Waals surface area contributed by atoms with E-state index < -0.39 is 0 Å². The van der Waals surface area contributed by atoms with Crippen molar-refractivity contribution >= 4 is 0 Å². The molecular weight excluding hydrogens is 134 g/mol. The average molecular weight is 149 g/mol. The van der Waals surface area contributed by atoms with E-state index >= 15 is 0 Å². The van der Waals surface area contributed by atoms with Gasteiger partial charge < -0.3 is 5.73 Å². The highest BCUT2D eigenvalue weighted by molar-refractivity contribution is 5.14. The van der Waals surface area contributed by atoms with Crippen LogP contribution in [0.2, 0.25) is 0 Å². The van der Waals surface area contributed by atoms with Crippen molar-refractivity contribution in [1.82, 2.24) is 0 Å². The maximum Gasteiger partial charge on any atom is -0.00367 e. The van der Waals surface area contributed by atoms with Crippen molar-refractivity contribution < 1.29 is 0 Å². The van der Waals surface area contributed by atoms with Gasteiger partial charge in [-0.25, -0.2) is 0 Å². The summed E-state index contributed by atoms with van der Waals surface area (Å²) in [4.78, 5) is 0. The smallest absolute Gasteiger partial charge is 0.00367 e. The molecule has 0 spiro atoms. The predicted molar refractivity (Wildman–Crippen MR) is 50.5 cm³/mol. The van der Waals surface area contributed by atoms with Crippen LogP contribution in [0.3, 0.4) is 0 Å². The molecule has 0 atom stereocenters. The Bertz CT molecular complexity index is 169. The SMILES string of the molecule is C=C.NCCc1ccccc1. The van der Waals surface area contributed by atoms with Gasteiger partial charge in [-0.1, -0.05) is 30.3 Å². The quantitative estimate of drug-likeness (QED) is 0.639. The second kappa shape index (κ2) is 7.03. The third-order valence-corrected chi connectivity index (χ3v) is 1.28. The number of rotatable bonds is 2. The van der Waals surface area contributed by atoms with Gasteiger partial charge in [-0.15, -0.1) is 13.2 Å². The van der Waals surface area contributed by atoms with Crippen LogP contribution in [0.1, 0.15) is 5.56 Å². The van der Waals surface area contributed by atoms with E-state index in [-0.39, 0.29) is 0 Å². The van der Waals surface area contributed by atoms with Crippen LogP contribution in [-0.4, -0.2) is 6.54 Å². The summed E-state index contributed by atoms with van der Waals surface area (Å²) in [5.41, 5.74) is 6.68. The van der Waals surface area contributed by atoms with Crippen molar-refractivity contribution in [2.24, 2.45) is 5.73 Å². The maximum atomic E-state index is 5.36. The highest BCUT2D eigenvalue weighted by Crippen LogP contribution is 1.96. The number of hydrogen-bond donors (Lipinski definition) is 1. The first kappa shape index (κ1) is 9.92. The Labute approximate surface area is 68.5 Å². The largest absolute Gasteiger partial charge is 0.330 e. The van der Waals surface area contributed by atoms with Crippen molar-refractivity contribution in [2.75, 3.05) is 6.54 Å². The molecule has 0 aromatic heterocycles. The zero-order chi connectivity index (χ0) is 8.53. The van der Waals surface area contributed by atoms with E-state index in [2.05, 4.69) is 25.3 Å². The molecule has 0 aliphatic rings. The molecular formula is C10H15N. The van der Waals surface area contributed by atoms with E-state index in [1.807, 2.05) is 18.2 Å². The molecule has 0 saturated heterocycles. The van der Waals surface area contributed by atoms with Crippen LogP contribution in [0.15, 0.2) is 43.5 Å². The third kappa shape index (κ3) is 4.34. The Kier molecular flexibility index (Phi) is 6.34. The van der Waals surface area contributed by atoms with Gasteiger partial charge in [0.05, 0.1) is 0 Å². The second-order valence-electron chi connectivity index (χ2n) is 2.02. The van der Waals surface area contributed by atoms with Gasteiger partial charge in [-0.3, -0.25) is 0 Å². The van der Waals surface area contributed by atoms with Gasteiger partial charge in [0.1, 0.15) is 0 Å². The molecule has 0 amide bonds. The summed E-state index contributed by atoms with van der Waals surface area (Å²) < 4.78 is 0. The predicted octanol–water partition coefficient (Wildman–Crippen LogP) is 1.99. The molecule has 0 saturated carbocycles. The lowest BCUT2D eigenvalue weighted by Crippen LogP contribution is -2.01. The van der Waals surface area contributed by atoms with Crippen molar-refractivity contribution in [3.05, 3.63) is 49.1 Å². The zero-order valence-electron chi connectivity index (χ0n) is 6.79. The van der Waals surface area contributed by atoms with Gasteiger partial charge in [-0.05, 0) is 18.5 Å². The Morgan fingerprint density at radius 2 is 1.64 bits per heavy atom. The fraction of sp³-hybridized carbons (Fsp3) is 0.200. The van der Waals surface area contributed by atoms with Gasteiger partial charge in [0, 0.05) is 0 Å². The fourth-order valence-corrected chi connectivity index (χ4v) is 0.811. The summed E-state index contributed by atoms with van der Waals surface area (Å²) in [6, 6.07) is 10.3. The van der Waals surface area contributed by atoms with E-state index in [9.17, 15) is 0 Å². The summed E-state index contributed by atoms with van der Waals surface area (Å²) >= 11 is 0. The van der Waals surface area contributed by atoms with Gasteiger partial charge >= 0.3 is 0 Å². The molecule has 0 bridgehead atoms.